The van der Waals surface area contributed by atoms with Crippen molar-refractivity contribution in [2.45, 2.75) is 0 Å². The SMILES string of the molecule is COC(=O)c1cc(N)cc(NC(=S)NCC(=O)N2CCN(C)CC2)c1. The highest BCUT2D eigenvalue weighted by Crippen LogP contribution is 2.17. The number of esters is 1. The Morgan fingerprint density at radius 1 is 1.24 bits per heavy atom. The van der Waals surface area contributed by atoms with Crippen LogP contribution in [0.25, 0.3) is 0 Å². The molecule has 1 aliphatic rings. The van der Waals surface area contributed by atoms with Crippen molar-refractivity contribution in [1.29, 1.82) is 0 Å². The number of ether oxygens (including phenoxy) is 1. The summed E-state index contributed by atoms with van der Waals surface area (Å²) in [7, 11) is 3.34. The Labute approximate surface area is 152 Å². The average molecular weight is 365 g/mol. The van der Waals surface area contributed by atoms with E-state index in [4.69, 9.17) is 18.0 Å². The van der Waals surface area contributed by atoms with Gasteiger partial charge in [0.2, 0.25) is 5.91 Å². The second kappa shape index (κ2) is 8.63. The van der Waals surface area contributed by atoms with Crippen molar-refractivity contribution >= 4 is 40.6 Å². The minimum absolute atomic E-state index is 0.0000698. The fourth-order valence-electron chi connectivity index (χ4n) is 2.46. The molecule has 0 radical (unpaired) electrons. The van der Waals surface area contributed by atoms with Crippen molar-refractivity contribution in [2.75, 3.05) is 57.9 Å². The fraction of sp³-hybridized carbons (Fsp3) is 0.438. The number of methoxy groups -OCH3 is 1. The lowest BCUT2D eigenvalue weighted by molar-refractivity contribution is -0.131. The third-order valence-electron chi connectivity index (χ3n) is 3.89. The summed E-state index contributed by atoms with van der Waals surface area (Å²) in [5.41, 5.74) is 7.05. The maximum Gasteiger partial charge on any atom is 0.337 e. The molecule has 1 saturated heterocycles. The average Bonchev–Trinajstić information content (AvgIpc) is 2.59. The van der Waals surface area contributed by atoms with Gasteiger partial charge in [-0.25, -0.2) is 4.79 Å². The number of carbonyl (C=O) groups is 2. The number of nitrogens with zero attached hydrogens (tertiary/aromatic N) is 2. The van der Waals surface area contributed by atoms with E-state index in [1.165, 1.54) is 13.2 Å². The molecule has 1 aromatic rings. The maximum atomic E-state index is 12.2. The van der Waals surface area contributed by atoms with Crippen molar-refractivity contribution in [3.63, 3.8) is 0 Å². The number of nitrogen functional groups attached to an aromatic ring is 1. The molecule has 25 heavy (non-hydrogen) atoms. The Kier molecular flexibility index (Phi) is 6.54. The van der Waals surface area contributed by atoms with Gasteiger partial charge in [-0.05, 0) is 37.5 Å². The molecular weight excluding hydrogens is 342 g/mol. The predicted octanol–water partition coefficient (Wildman–Crippen LogP) is 0.116. The molecule has 136 valence electrons. The van der Waals surface area contributed by atoms with Gasteiger partial charge >= 0.3 is 5.97 Å². The predicted molar refractivity (Wildman–Crippen MR) is 100 cm³/mol. The maximum absolute atomic E-state index is 12.2. The molecular formula is C16H23N5O3S. The van der Waals surface area contributed by atoms with Crippen LogP contribution in [-0.4, -0.2) is 73.7 Å². The topological polar surface area (TPSA) is 99.9 Å². The Balaban J connectivity index is 1.87. The summed E-state index contributed by atoms with van der Waals surface area (Å²) in [6.07, 6.45) is 0. The molecule has 0 aromatic heterocycles. The van der Waals surface area contributed by atoms with E-state index in [2.05, 4.69) is 20.3 Å². The summed E-state index contributed by atoms with van der Waals surface area (Å²) in [6.45, 7) is 3.29. The molecule has 0 bridgehead atoms. The van der Waals surface area contributed by atoms with Crippen molar-refractivity contribution < 1.29 is 14.3 Å². The third kappa shape index (κ3) is 5.57. The van der Waals surface area contributed by atoms with Crippen molar-refractivity contribution in [2.24, 2.45) is 0 Å². The Morgan fingerprint density at radius 2 is 1.92 bits per heavy atom. The van der Waals surface area contributed by atoms with E-state index in [1.807, 2.05) is 11.9 Å². The number of carbonyl (C=O) groups excluding carboxylic acids is 2. The van der Waals surface area contributed by atoms with Crippen LogP contribution in [-0.2, 0) is 9.53 Å². The minimum atomic E-state index is -0.487. The number of benzene rings is 1. The zero-order valence-corrected chi connectivity index (χ0v) is 15.2. The summed E-state index contributed by atoms with van der Waals surface area (Å²) < 4.78 is 4.68. The zero-order valence-electron chi connectivity index (χ0n) is 14.4. The first-order valence-electron chi connectivity index (χ1n) is 7.89. The number of piperazine rings is 1. The van der Waals surface area contributed by atoms with Gasteiger partial charge in [-0.1, -0.05) is 0 Å². The molecule has 1 amide bonds. The van der Waals surface area contributed by atoms with E-state index < -0.39 is 5.97 Å². The van der Waals surface area contributed by atoms with Crippen LogP contribution in [0.1, 0.15) is 10.4 Å². The highest BCUT2D eigenvalue weighted by molar-refractivity contribution is 7.80. The lowest BCUT2D eigenvalue weighted by Crippen LogP contribution is -2.50. The van der Waals surface area contributed by atoms with Crippen LogP contribution in [0.3, 0.4) is 0 Å². The van der Waals surface area contributed by atoms with E-state index in [9.17, 15) is 9.59 Å². The van der Waals surface area contributed by atoms with E-state index >= 15 is 0 Å². The highest BCUT2D eigenvalue weighted by atomic mass is 32.1. The van der Waals surface area contributed by atoms with Gasteiger partial charge in [-0.15, -0.1) is 0 Å². The first kappa shape index (κ1) is 18.9. The summed E-state index contributed by atoms with van der Waals surface area (Å²) in [5.74, 6) is -0.487. The molecule has 2 rings (SSSR count). The molecule has 9 heteroatoms. The number of hydrogen-bond donors (Lipinski definition) is 3. The first-order valence-corrected chi connectivity index (χ1v) is 8.30. The number of nitrogens with one attached hydrogen (secondary N) is 2. The molecule has 0 atom stereocenters. The third-order valence-corrected chi connectivity index (χ3v) is 4.14. The van der Waals surface area contributed by atoms with Gasteiger partial charge < -0.3 is 30.9 Å². The number of thiocarbonyl (C=S) groups is 1. The Bertz CT molecular complexity index is 659. The number of rotatable bonds is 4. The molecule has 4 N–H and O–H groups in total. The van der Waals surface area contributed by atoms with Crippen LogP contribution in [0.2, 0.25) is 0 Å². The number of amides is 1. The first-order chi connectivity index (χ1) is 11.9. The van der Waals surface area contributed by atoms with Crippen molar-refractivity contribution in [3.8, 4) is 0 Å². The molecule has 0 aliphatic carbocycles. The summed E-state index contributed by atoms with van der Waals surface area (Å²) in [6, 6.07) is 4.74. The molecule has 0 saturated carbocycles. The number of likely N-dealkylation sites (N-methyl/N-ethyl adjacent to an activating group) is 1. The summed E-state index contributed by atoms with van der Waals surface area (Å²) in [5, 5.41) is 6.08. The number of hydrogen-bond acceptors (Lipinski definition) is 6. The smallest absolute Gasteiger partial charge is 0.337 e. The lowest BCUT2D eigenvalue weighted by Gasteiger charge is -2.32. The second-order valence-corrected chi connectivity index (χ2v) is 6.24. The molecule has 1 aromatic carbocycles. The molecule has 0 unspecified atom stereocenters. The second-order valence-electron chi connectivity index (χ2n) is 5.83. The molecule has 8 nitrogen and oxygen atoms in total. The van der Waals surface area contributed by atoms with Crippen LogP contribution in [0.4, 0.5) is 11.4 Å². The van der Waals surface area contributed by atoms with Gasteiger partial charge in [0, 0.05) is 37.6 Å². The van der Waals surface area contributed by atoms with Crippen LogP contribution in [0, 0.1) is 0 Å². The zero-order chi connectivity index (χ0) is 18.4. The van der Waals surface area contributed by atoms with Crippen LogP contribution in [0.15, 0.2) is 18.2 Å². The van der Waals surface area contributed by atoms with Gasteiger partial charge in [0.15, 0.2) is 5.11 Å². The minimum Gasteiger partial charge on any atom is -0.465 e. The van der Waals surface area contributed by atoms with Crippen LogP contribution in [0.5, 0.6) is 0 Å². The molecule has 1 aliphatic heterocycles. The standard InChI is InChI=1S/C16H23N5O3S/c1-20-3-5-21(6-4-20)14(22)10-18-16(25)19-13-8-11(15(23)24-2)7-12(17)9-13/h7-9H,3-6,10,17H2,1-2H3,(H2,18,19,25). The molecule has 1 fully saturated rings. The van der Waals surface area contributed by atoms with E-state index in [-0.39, 0.29) is 17.6 Å². The lowest BCUT2D eigenvalue weighted by atomic mass is 10.2. The van der Waals surface area contributed by atoms with Gasteiger partial charge in [-0.2, -0.15) is 0 Å². The van der Waals surface area contributed by atoms with E-state index in [0.29, 0.717) is 16.9 Å². The monoisotopic (exact) mass is 365 g/mol. The number of nitrogens with two attached hydrogens (primary N) is 1. The van der Waals surface area contributed by atoms with Crippen molar-refractivity contribution in [1.82, 2.24) is 15.1 Å². The molecule has 0 spiro atoms. The normalized spacial score (nSPS) is 14.7. The van der Waals surface area contributed by atoms with Crippen molar-refractivity contribution in [3.05, 3.63) is 23.8 Å². The highest BCUT2D eigenvalue weighted by Gasteiger charge is 2.18. The number of anilines is 2. The van der Waals surface area contributed by atoms with E-state index in [1.54, 1.807) is 12.1 Å². The summed E-state index contributed by atoms with van der Waals surface area (Å²) >= 11 is 5.20. The van der Waals surface area contributed by atoms with E-state index in [0.717, 1.165) is 26.2 Å². The van der Waals surface area contributed by atoms with Gasteiger partial charge in [0.05, 0.1) is 19.2 Å². The Morgan fingerprint density at radius 3 is 2.56 bits per heavy atom. The van der Waals surface area contributed by atoms with Gasteiger partial charge in [0.25, 0.3) is 0 Å². The van der Waals surface area contributed by atoms with Crippen LogP contribution < -0.4 is 16.4 Å². The largest absolute Gasteiger partial charge is 0.465 e. The quantitative estimate of drug-likeness (QED) is 0.393. The fourth-order valence-corrected chi connectivity index (χ4v) is 2.65. The van der Waals surface area contributed by atoms with Crippen LogP contribution >= 0.6 is 12.2 Å². The van der Waals surface area contributed by atoms with Gasteiger partial charge in [0.1, 0.15) is 0 Å². The Hall–Kier alpha value is -2.39. The summed E-state index contributed by atoms with van der Waals surface area (Å²) in [4.78, 5) is 27.8. The molecule has 1 heterocycles. The van der Waals surface area contributed by atoms with Gasteiger partial charge in [-0.3, -0.25) is 4.79 Å².